The Kier molecular flexibility index (Phi) is 4.75. The van der Waals surface area contributed by atoms with E-state index < -0.39 is 0 Å². The van der Waals surface area contributed by atoms with Crippen molar-refractivity contribution in [2.24, 2.45) is 5.73 Å². The van der Waals surface area contributed by atoms with Gasteiger partial charge in [-0.1, -0.05) is 23.7 Å². The molecule has 0 amide bonds. The lowest BCUT2D eigenvalue weighted by molar-refractivity contribution is 0.567. The molecule has 18 heavy (non-hydrogen) atoms. The van der Waals surface area contributed by atoms with Crippen LogP contribution in [0.2, 0.25) is 5.02 Å². The smallest absolute Gasteiger partial charge is 0.127 e. The molecule has 1 unspecified atom stereocenters. The normalized spacial score (nSPS) is 12.6. The van der Waals surface area contributed by atoms with Crippen LogP contribution in [0.25, 0.3) is 0 Å². The van der Waals surface area contributed by atoms with Crippen LogP contribution in [-0.2, 0) is 12.8 Å². The van der Waals surface area contributed by atoms with E-state index in [1.807, 2.05) is 6.07 Å². The van der Waals surface area contributed by atoms with Gasteiger partial charge in [-0.3, -0.25) is 0 Å². The average Bonchev–Trinajstić information content (AvgIpc) is 2.84. The molecule has 2 aromatic rings. The van der Waals surface area contributed by atoms with Crippen LogP contribution < -0.4 is 5.73 Å². The molecule has 1 aromatic carbocycles. The first-order valence-corrected chi connectivity index (χ1v) is 7.13. The van der Waals surface area contributed by atoms with E-state index in [9.17, 15) is 4.39 Å². The lowest BCUT2D eigenvalue weighted by Gasteiger charge is -2.12. The summed E-state index contributed by atoms with van der Waals surface area (Å²) in [5.41, 5.74) is 6.57. The fourth-order valence-corrected chi connectivity index (χ4v) is 2.84. The lowest BCUT2D eigenvalue weighted by Crippen LogP contribution is -2.24. The predicted molar refractivity (Wildman–Crippen MR) is 75.7 cm³/mol. The summed E-state index contributed by atoms with van der Waals surface area (Å²) in [7, 11) is 0. The summed E-state index contributed by atoms with van der Waals surface area (Å²) in [4.78, 5) is 1.31. The summed E-state index contributed by atoms with van der Waals surface area (Å²) >= 11 is 7.70. The fraction of sp³-hybridized carbons (Fsp3) is 0.286. The third-order valence-electron chi connectivity index (χ3n) is 2.87. The highest BCUT2D eigenvalue weighted by Crippen LogP contribution is 2.21. The molecule has 0 aliphatic carbocycles. The van der Waals surface area contributed by atoms with Crippen LogP contribution >= 0.6 is 22.9 Å². The van der Waals surface area contributed by atoms with Gasteiger partial charge < -0.3 is 5.73 Å². The van der Waals surface area contributed by atoms with Gasteiger partial charge in [0.1, 0.15) is 5.82 Å². The van der Waals surface area contributed by atoms with E-state index in [0.717, 1.165) is 12.8 Å². The fourth-order valence-electron chi connectivity index (χ4n) is 1.87. The van der Waals surface area contributed by atoms with Crippen LogP contribution in [-0.4, -0.2) is 6.04 Å². The Balaban J connectivity index is 1.92. The number of hydrogen-bond donors (Lipinski definition) is 1. The van der Waals surface area contributed by atoms with Crippen molar-refractivity contribution in [3.63, 3.8) is 0 Å². The van der Waals surface area contributed by atoms with E-state index in [4.69, 9.17) is 17.3 Å². The maximum Gasteiger partial charge on any atom is 0.127 e. The van der Waals surface area contributed by atoms with Gasteiger partial charge in [0.25, 0.3) is 0 Å². The number of benzene rings is 1. The van der Waals surface area contributed by atoms with Gasteiger partial charge in [-0.25, -0.2) is 4.39 Å². The number of hydrogen-bond acceptors (Lipinski definition) is 2. The zero-order valence-corrected chi connectivity index (χ0v) is 11.5. The zero-order chi connectivity index (χ0) is 13.0. The van der Waals surface area contributed by atoms with Crippen LogP contribution in [0.1, 0.15) is 16.9 Å². The SMILES string of the molecule is NC(CCc1cccs1)Cc1c(F)cccc1Cl. The van der Waals surface area contributed by atoms with Crippen LogP contribution in [0.15, 0.2) is 35.7 Å². The Morgan fingerprint density at radius 1 is 1.28 bits per heavy atom. The van der Waals surface area contributed by atoms with Gasteiger partial charge in [-0.15, -0.1) is 11.3 Å². The molecule has 2 rings (SSSR count). The highest BCUT2D eigenvalue weighted by Gasteiger charge is 2.12. The van der Waals surface area contributed by atoms with Crippen molar-refractivity contribution in [3.8, 4) is 0 Å². The maximum atomic E-state index is 13.6. The van der Waals surface area contributed by atoms with Gasteiger partial charge in [0.2, 0.25) is 0 Å². The predicted octanol–water partition coefficient (Wildman–Crippen LogP) is 4.04. The van der Waals surface area contributed by atoms with Crippen molar-refractivity contribution in [1.82, 2.24) is 0 Å². The molecule has 0 bridgehead atoms. The van der Waals surface area contributed by atoms with Crippen molar-refractivity contribution in [1.29, 1.82) is 0 Å². The number of rotatable bonds is 5. The summed E-state index contributed by atoms with van der Waals surface area (Å²) < 4.78 is 13.6. The second-order valence-electron chi connectivity index (χ2n) is 4.28. The molecule has 2 N–H and O–H groups in total. The van der Waals surface area contributed by atoms with Gasteiger partial charge in [0.15, 0.2) is 0 Å². The van der Waals surface area contributed by atoms with E-state index in [-0.39, 0.29) is 11.9 Å². The number of thiophene rings is 1. The molecular weight excluding hydrogens is 269 g/mol. The lowest BCUT2D eigenvalue weighted by atomic mass is 10.0. The van der Waals surface area contributed by atoms with Gasteiger partial charge >= 0.3 is 0 Å². The topological polar surface area (TPSA) is 26.0 Å². The molecule has 0 saturated carbocycles. The van der Waals surface area contributed by atoms with Crippen molar-refractivity contribution in [2.75, 3.05) is 0 Å². The molecule has 0 spiro atoms. The maximum absolute atomic E-state index is 13.6. The Bertz CT molecular complexity index is 478. The standard InChI is InChI=1S/C14H15ClFNS/c15-13-4-1-5-14(16)12(13)9-10(17)6-7-11-3-2-8-18-11/h1-5,8,10H,6-7,9,17H2. The average molecular weight is 284 g/mol. The molecule has 1 nitrogen and oxygen atoms in total. The van der Waals surface area contributed by atoms with Crippen molar-refractivity contribution >= 4 is 22.9 Å². The molecule has 0 saturated heterocycles. The Labute approximate surface area is 115 Å². The van der Waals surface area contributed by atoms with Crippen LogP contribution in [0.3, 0.4) is 0 Å². The van der Waals surface area contributed by atoms with Crippen molar-refractivity contribution in [3.05, 3.63) is 57.0 Å². The van der Waals surface area contributed by atoms with E-state index in [1.54, 1.807) is 23.5 Å². The molecule has 0 aliphatic heterocycles. The molecule has 1 aromatic heterocycles. The summed E-state index contributed by atoms with van der Waals surface area (Å²) in [6, 6.07) is 8.78. The summed E-state index contributed by atoms with van der Waals surface area (Å²) in [6.07, 6.45) is 2.26. The quantitative estimate of drug-likeness (QED) is 0.880. The molecule has 4 heteroatoms. The van der Waals surface area contributed by atoms with E-state index in [2.05, 4.69) is 11.4 Å². The minimum atomic E-state index is -0.269. The highest BCUT2D eigenvalue weighted by atomic mass is 35.5. The number of nitrogens with two attached hydrogens (primary N) is 1. The zero-order valence-electron chi connectivity index (χ0n) is 9.90. The molecule has 96 valence electrons. The Morgan fingerprint density at radius 3 is 2.78 bits per heavy atom. The van der Waals surface area contributed by atoms with Crippen LogP contribution in [0.5, 0.6) is 0 Å². The first-order valence-electron chi connectivity index (χ1n) is 5.87. The third-order valence-corrected chi connectivity index (χ3v) is 4.16. The van der Waals surface area contributed by atoms with Gasteiger partial charge in [0.05, 0.1) is 0 Å². The molecule has 1 atom stereocenters. The summed E-state index contributed by atoms with van der Waals surface area (Å²) in [5.74, 6) is -0.269. The largest absolute Gasteiger partial charge is 0.327 e. The second-order valence-corrected chi connectivity index (χ2v) is 5.72. The second kappa shape index (κ2) is 6.32. The molecule has 0 fully saturated rings. The van der Waals surface area contributed by atoms with Gasteiger partial charge in [0, 0.05) is 21.5 Å². The molecule has 1 heterocycles. The first kappa shape index (κ1) is 13.5. The Hall–Kier alpha value is -0.900. The molecule has 0 aliphatic rings. The highest BCUT2D eigenvalue weighted by molar-refractivity contribution is 7.09. The van der Waals surface area contributed by atoms with E-state index in [0.29, 0.717) is 17.0 Å². The van der Waals surface area contributed by atoms with E-state index in [1.165, 1.54) is 10.9 Å². The molecular formula is C14H15ClFNS. The minimum Gasteiger partial charge on any atom is -0.327 e. The van der Waals surface area contributed by atoms with Crippen LogP contribution in [0, 0.1) is 5.82 Å². The third kappa shape index (κ3) is 3.55. The van der Waals surface area contributed by atoms with Crippen molar-refractivity contribution in [2.45, 2.75) is 25.3 Å². The van der Waals surface area contributed by atoms with Crippen molar-refractivity contribution < 1.29 is 4.39 Å². The molecule has 0 radical (unpaired) electrons. The number of halogens is 2. The van der Waals surface area contributed by atoms with Gasteiger partial charge in [-0.05, 0) is 42.8 Å². The summed E-state index contributed by atoms with van der Waals surface area (Å²) in [6.45, 7) is 0. The monoisotopic (exact) mass is 283 g/mol. The minimum absolute atomic E-state index is 0.0681. The Morgan fingerprint density at radius 2 is 2.11 bits per heavy atom. The summed E-state index contributed by atoms with van der Waals surface area (Å²) in [5, 5.41) is 2.51. The van der Waals surface area contributed by atoms with Gasteiger partial charge in [-0.2, -0.15) is 0 Å². The van der Waals surface area contributed by atoms with E-state index >= 15 is 0 Å². The first-order chi connectivity index (χ1) is 8.66. The van der Waals surface area contributed by atoms with Crippen LogP contribution in [0.4, 0.5) is 4.39 Å². The number of aryl methyl sites for hydroxylation is 1.